The second kappa shape index (κ2) is 5.46. The van der Waals surface area contributed by atoms with Crippen LogP contribution in [0.25, 0.3) is 0 Å². The molecule has 2 nitrogen and oxygen atoms in total. The highest BCUT2D eigenvalue weighted by Gasteiger charge is 2.21. The maximum absolute atomic E-state index is 8.65. The molecule has 0 spiro atoms. The third-order valence-electron chi connectivity index (χ3n) is 3.07. The summed E-state index contributed by atoms with van der Waals surface area (Å²) in [6.07, 6.45) is 1.58. The van der Waals surface area contributed by atoms with Crippen LogP contribution in [0.2, 0.25) is 0 Å². The number of benzene rings is 1. The van der Waals surface area contributed by atoms with Gasteiger partial charge in [0.05, 0.1) is 11.8 Å². The second-order valence-corrected chi connectivity index (χ2v) is 5.79. The molecule has 0 saturated heterocycles. The van der Waals surface area contributed by atoms with Crippen molar-refractivity contribution in [1.29, 1.82) is 5.26 Å². The number of para-hydroxylation sites is 1. The summed E-state index contributed by atoms with van der Waals surface area (Å²) in [5.74, 6) is 1.60. The van der Waals surface area contributed by atoms with E-state index in [0.29, 0.717) is 18.4 Å². The highest BCUT2D eigenvalue weighted by molar-refractivity contribution is 7.99. The van der Waals surface area contributed by atoms with E-state index in [-0.39, 0.29) is 0 Å². The number of hydrogen-bond donors (Lipinski definition) is 1. The van der Waals surface area contributed by atoms with Gasteiger partial charge < -0.3 is 5.32 Å². The molecule has 0 radical (unpaired) electrons. The van der Waals surface area contributed by atoms with Crippen molar-refractivity contribution in [3.05, 3.63) is 23.8 Å². The summed E-state index contributed by atoms with van der Waals surface area (Å²) in [5, 5.41) is 12.3. The molecule has 0 bridgehead atoms. The first-order chi connectivity index (χ1) is 8.22. The van der Waals surface area contributed by atoms with Crippen molar-refractivity contribution in [2.24, 2.45) is 0 Å². The normalized spacial score (nSPS) is 18.4. The van der Waals surface area contributed by atoms with E-state index in [9.17, 15) is 0 Å². The molecule has 1 aliphatic rings. The topological polar surface area (TPSA) is 35.8 Å². The van der Waals surface area contributed by atoms with Gasteiger partial charge in [-0.25, -0.2) is 0 Å². The van der Waals surface area contributed by atoms with Gasteiger partial charge in [-0.1, -0.05) is 26.0 Å². The molecule has 17 heavy (non-hydrogen) atoms. The van der Waals surface area contributed by atoms with Gasteiger partial charge in [0.2, 0.25) is 0 Å². The summed E-state index contributed by atoms with van der Waals surface area (Å²) in [6.45, 7) is 4.45. The molecular weight excluding hydrogens is 228 g/mol. The van der Waals surface area contributed by atoms with Crippen LogP contribution in [-0.2, 0) is 0 Å². The lowest BCUT2D eigenvalue weighted by Crippen LogP contribution is -2.26. The van der Waals surface area contributed by atoms with E-state index in [1.807, 2.05) is 11.8 Å². The van der Waals surface area contributed by atoms with Crippen LogP contribution in [0.1, 0.15) is 38.2 Å². The Balaban J connectivity index is 2.20. The van der Waals surface area contributed by atoms with Crippen molar-refractivity contribution < 1.29 is 0 Å². The molecule has 0 fully saturated rings. The van der Waals surface area contributed by atoms with Crippen molar-refractivity contribution in [3.8, 4) is 6.07 Å². The van der Waals surface area contributed by atoms with Gasteiger partial charge in [0.15, 0.2) is 0 Å². The molecule has 1 N–H and O–H groups in total. The summed E-state index contributed by atoms with van der Waals surface area (Å²) in [7, 11) is 0. The van der Waals surface area contributed by atoms with Crippen LogP contribution in [0.5, 0.6) is 0 Å². The fourth-order valence-electron chi connectivity index (χ4n) is 2.13. The van der Waals surface area contributed by atoms with Crippen LogP contribution in [-0.4, -0.2) is 11.8 Å². The van der Waals surface area contributed by atoms with Gasteiger partial charge in [0.1, 0.15) is 0 Å². The smallest absolute Gasteiger partial charge is 0.0622 e. The van der Waals surface area contributed by atoms with Gasteiger partial charge in [0.25, 0.3) is 0 Å². The lowest BCUT2D eigenvalue weighted by molar-refractivity contribution is 0.719. The summed E-state index contributed by atoms with van der Waals surface area (Å²) in [5.41, 5.74) is 2.68. The molecule has 1 aromatic carbocycles. The number of rotatable bonds is 3. The molecule has 0 aliphatic carbocycles. The van der Waals surface area contributed by atoms with E-state index in [2.05, 4.69) is 43.4 Å². The Morgan fingerprint density at radius 1 is 1.53 bits per heavy atom. The van der Waals surface area contributed by atoms with Gasteiger partial charge in [-0.3, -0.25) is 0 Å². The zero-order chi connectivity index (χ0) is 12.3. The number of nitrogens with zero attached hydrogens (tertiary/aromatic N) is 1. The summed E-state index contributed by atoms with van der Waals surface area (Å²) >= 11 is 1.91. The quantitative estimate of drug-likeness (QED) is 0.875. The molecule has 0 saturated carbocycles. The highest BCUT2D eigenvalue weighted by Crippen LogP contribution is 2.39. The van der Waals surface area contributed by atoms with E-state index in [1.165, 1.54) is 16.1 Å². The van der Waals surface area contributed by atoms with Crippen LogP contribution >= 0.6 is 11.8 Å². The fourth-order valence-corrected chi connectivity index (χ4v) is 3.26. The molecule has 0 aromatic heterocycles. The summed E-state index contributed by atoms with van der Waals surface area (Å²) in [6, 6.07) is 9.18. The Bertz CT molecular complexity index is 434. The first-order valence-corrected chi connectivity index (χ1v) is 7.10. The largest absolute Gasteiger partial charge is 0.380 e. The average Bonchev–Trinajstić information content (AvgIpc) is 2.35. The third kappa shape index (κ3) is 2.76. The van der Waals surface area contributed by atoms with Crippen LogP contribution in [0, 0.1) is 11.3 Å². The van der Waals surface area contributed by atoms with Gasteiger partial charge >= 0.3 is 0 Å². The number of hydrogen-bond acceptors (Lipinski definition) is 3. The van der Waals surface area contributed by atoms with Gasteiger partial charge in [-0.2, -0.15) is 5.26 Å². The molecule has 1 unspecified atom stereocenters. The first kappa shape index (κ1) is 12.3. The Kier molecular flexibility index (Phi) is 3.96. The minimum atomic E-state index is 0.437. The van der Waals surface area contributed by atoms with Crippen LogP contribution in [0.4, 0.5) is 5.69 Å². The molecule has 0 amide bonds. The number of nitriles is 1. The Morgan fingerprint density at radius 2 is 2.35 bits per heavy atom. The molecule has 1 aromatic rings. The van der Waals surface area contributed by atoms with Gasteiger partial charge in [-0.05, 0) is 24.0 Å². The molecule has 90 valence electrons. The van der Waals surface area contributed by atoms with Crippen LogP contribution in [0.15, 0.2) is 23.1 Å². The predicted octanol–water partition coefficient (Wildman–Crippen LogP) is 4.00. The zero-order valence-electron chi connectivity index (χ0n) is 10.4. The molecule has 2 rings (SSSR count). The summed E-state index contributed by atoms with van der Waals surface area (Å²) < 4.78 is 0. The van der Waals surface area contributed by atoms with Crippen LogP contribution in [0.3, 0.4) is 0 Å². The Labute approximate surface area is 107 Å². The van der Waals surface area contributed by atoms with E-state index >= 15 is 0 Å². The standard InChI is InChI=1S/C14H18N2S/c1-10(2)12-6-3-7-13-14(12)16-11(9-17-13)5-4-8-15/h3,6-7,10-11,16H,4-5,9H2,1-2H3. The second-order valence-electron chi connectivity index (χ2n) is 4.72. The van der Waals surface area contributed by atoms with Gasteiger partial charge in [0, 0.05) is 23.1 Å². The SMILES string of the molecule is CC(C)c1cccc2c1NC(CCC#N)CS2. The van der Waals surface area contributed by atoms with E-state index in [0.717, 1.165) is 12.2 Å². The minimum Gasteiger partial charge on any atom is -0.380 e. The lowest BCUT2D eigenvalue weighted by Gasteiger charge is -2.29. The van der Waals surface area contributed by atoms with Crippen LogP contribution < -0.4 is 5.32 Å². The monoisotopic (exact) mass is 246 g/mol. The average molecular weight is 246 g/mol. The Hall–Kier alpha value is -1.14. The third-order valence-corrected chi connectivity index (χ3v) is 4.29. The number of nitrogens with one attached hydrogen (secondary N) is 1. The van der Waals surface area contributed by atoms with E-state index in [4.69, 9.17) is 5.26 Å². The fraction of sp³-hybridized carbons (Fsp3) is 0.500. The Morgan fingerprint density at radius 3 is 3.06 bits per heavy atom. The minimum absolute atomic E-state index is 0.437. The zero-order valence-corrected chi connectivity index (χ0v) is 11.2. The van der Waals surface area contributed by atoms with Crippen molar-refractivity contribution in [3.63, 3.8) is 0 Å². The first-order valence-electron chi connectivity index (χ1n) is 6.11. The molecule has 1 aliphatic heterocycles. The van der Waals surface area contributed by atoms with Crippen molar-refractivity contribution in [1.82, 2.24) is 0 Å². The lowest BCUT2D eigenvalue weighted by atomic mass is 10.00. The molecule has 1 heterocycles. The van der Waals surface area contributed by atoms with Crippen molar-refractivity contribution in [2.45, 2.75) is 43.5 Å². The maximum atomic E-state index is 8.65. The van der Waals surface area contributed by atoms with Gasteiger partial charge in [-0.15, -0.1) is 11.8 Å². The molecule has 3 heteroatoms. The van der Waals surface area contributed by atoms with Crippen molar-refractivity contribution in [2.75, 3.05) is 11.1 Å². The van der Waals surface area contributed by atoms with E-state index in [1.54, 1.807) is 0 Å². The molecule has 1 atom stereocenters. The van der Waals surface area contributed by atoms with Crippen molar-refractivity contribution >= 4 is 17.4 Å². The predicted molar refractivity (Wildman–Crippen MR) is 73.5 cm³/mol. The number of anilines is 1. The number of thioether (sulfide) groups is 1. The summed E-state index contributed by atoms with van der Waals surface area (Å²) in [4.78, 5) is 1.35. The number of fused-ring (bicyclic) bond motifs is 1. The van der Waals surface area contributed by atoms with E-state index < -0.39 is 0 Å². The maximum Gasteiger partial charge on any atom is 0.0622 e. The highest BCUT2D eigenvalue weighted by atomic mass is 32.2. The molecular formula is C14H18N2S.